The second-order valence-corrected chi connectivity index (χ2v) is 6.45. The number of hydrogen-bond acceptors (Lipinski definition) is 4. The van der Waals surface area contributed by atoms with Crippen molar-refractivity contribution in [2.75, 3.05) is 6.26 Å². The van der Waals surface area contributed by atoms with E-state index in [0.29, 0.717) is 29.8 Å². The van der Waals surface area contributed by atoms with Gasteiger partial charge in [-0.3, -0.25) is 9.36 Å². The summed E-state index contributed by atoms with van der Waals surface area (Å²) >= 11 is 1.45. The maximum absolute atomic E-state index is 12.8. The molecule has 0 radical (unpaired) electrons. The zero-order valence-corrected chi connectivity index (χ0v) is 19.1. The normalized spacial score (nSPS) is 9.59. The van der Waals surface area contributed by atoms with Gasteiger partial charge in [-0.05, 0) is 24.3 Å². The first-order valence-corrected chi connectivity index (χ1v) is 11.3. The summed E-state index contributed by atoms with van der Waals surface area (Å²) in [5, 5.41) is 0.655. The molecule has 1 heterocycles. The van der Waals surface area contributed by atoms with Crippen LogP contribution in [0, 0.1) is 6.92 Å². The van der Waals surface area contributed by atoms with Gasteiger partial charge in [-0.25, -0.2) is 0 Å². The minimum absolute atomic E-state index is 0.0636. The summed E-state index contributed by atoms with van der Waals surface area (Å²) in [7, 11) is 0. The molecule has 0 aliphatic carbocycles. The van der Waals surface area contributed by atoms with Gasteiger partial charge < -0.3 is 4.74 Å². The van der Waals surface area contributed by atoms with Crippen LogP contribution >= 0.6 is 11.8 Å². The molecule has 0 fully saturated rings. The Bertz CT molecular complexity index is 894. The number of ether oxygens (including phenoxy) is 1. The molecule has 2 aromatic carbocycles. The van der Waals surface area contributed by atoms with E-state index in [1.165, 1.54) is 11.8 Å². The van der Waals surface area contributed by atoms with Gasteiger partial charge in [0, 0.05) is 0 Å². The SMILES string of the molecule is CC.CC.CSc1nc(OCc2ccccc2)c(C)c(=O)n1Cc1ccccc1. The van der Waals surface area contributed by atoms with Crippen molar-refractivity contribution < 1.29 is 4.74 Å². The second-order valence-electron chi connectivity index (χ2n) is 5.68. The van der Waals surface area contributed by atoms with Crippen molar-refractivity contribution in [2.24, 2.45) is 0 Å². The molecule has 5 heteroatoms. The van der Waals surface area contributed by atoms with Crippen LogP contribution in [0.25, 0.3) is 0 Å². The van der Waals surface area contributed by atoms with Crippen molar-refractivity contribution in [3.63, 3.8) is 0 Å². The third kappa shape index (κ3) is 7.09. The fourth-order valence-corrected chi connectivity index (χ4v) is 3.08. The third-order valence-corrected chi connectivity index (χ3v) is 4.58. The van der Waals surface area contributed by atoms with Gasteiger partial charge in [0.25, 0.3) is 5.56 Å². The third-order valence-electron chi connectivity index (χ3n) is 3.90. The molecule has 0 atom stereocenters. The highest BCUT2D eigenvalue weighted by Crippen LogP contribution is 2.19. The minimum atomic E-state index is -0.0636. The highest BCUT2D eigenvalue weighted by Gasteiger charge is 2.14. The molecule has 3 aromatic rings. The maximum atomic E-state index is 12.8. The molecular formula is C24H32N2O2S. The first kappa shape index (κ1) is 24.5. The average molecular weight is 413 g/mol. The average Bonchev–Trinajstić information content (AvgIpc) is 2.80. The van der Waals surface area contributed by atoms with Crippen LogP contribution < -0.4 is 10.3 Å². The van der Waals surface area contributed by atoms with E-state index < -0.39 is 0 Å². The van der Waals surface area contributed by atoms with Crippen molar-refractivity contribution in [3.8, 4) is 5.88 Å². The Labute approximate surface area is 179 Å². The van der Waals surface area contributed by atoms with Crippen LogP contribution in [0.4, 0.5) is 0 Å². The Hall–Kier alpha value is -2.53. The number of aromatic nitrogens is 2. The fraction of sp³-hybridized carbons (Fsp3) is 0.333. The molecule has 29 heavy (non-hydrogen) atoms. The molecular weight excluding hydrogens is 380 g/mol. The van der Waals surface area contributed by atoms with Gasteiger partial charge >= 0.3 is 0 Å². The first-order valence-electron chi connectivity index (χ1n) is 10.0. The fourth-order valence-electron chi connectivity index (χ4n) is 2.54. The summed E-state index contributed by atoms with van der Waals surface area (Å²) in [6.07, 6.45) is 1.92. The molecule has 0 N–H and O–H groups in total. The van der Waals surface area contributed by atoms with Gasteiger partial charge in [0.15, 0.2) is 5.16 Å². The van der Waals surface area contributed by atoms with E-state index in [1.807, 2.05) is 94.6 Å². The maximum Gasteiger partial charge on any atom is 0.261 e. The van der Waals surface area contributed by atoms with Gasteiger partial charge in [-0.15, -0.1) is 0 Å². The predicted molar refractivity (Wildman–Crippen MR) is 124 cm³/mol. The smallest absolute Gasteiger partial charge is 0.261 e. The molecule has 156 valence electrons. The van der Waals surface area contributed by atoms with Crippen molar-refractivity contribution in [1.82, 2.24) is 9.55 Å². The van der Waals surface area contributed by atoms with E-state index in [4.69, 9.17) is 4.74 Å². The van der Waals surface area contributed by atoms with Gasteiger partial charge in [-0.1, -0.05) is 100 Å². The van der Waals surface area contributed by atoms with Crippen LogP contribution in [0.2, 0.25) is 0 Å². The monoisotopic (exact) mass is 412 g/mol. The quantitative estimate of drug-likeness (QED) is 0.370. The number of nitrogens with zero attached hydrogens (tertiary/aromatic N) is 2. The van der Waals surface area contributed by atoms with Crippen molar-refractivity contribution in [3.05, 3.63) is 87.7 Å². The lowest BCUT2D eigenvalue weighted by Crippen LogP contribution is -2.26. The van der Waals surface area contributed by atoms with Crippen LogP contribution in [0.5, 0.6) is 5.88 Å². The van der Waals surface area contributed by atoms with Crippen LogP contribution in [0.15, 0.2) is 70.6 Å². The highest BCUT2D eigenvalue weighted by atomic mass is 32.2. The Balaban J connectivity index is 0.000000989. The Morgan fingerprint density at radius 1 is 0.897 bits per heavy atom. The first-order chi connectivity index (χ1) is 14.2. The topological polar surface area (TPSA) is 44.1 Å². The molecule has 1 aromatic heterocycles. The largest absolute Gasteiger partial charge is 0.472 e. The minimum Gasteiger partial charge on any atom is -0.472 e. The van der Waals surface area contributed by atoms with E-state index >= 15 is 0 Å². The second kappa shape index (κ2) is 13.6. The molecule has 0 spiro atoms. The summed E-state index contributed by atoms with van der Waals surface area (Å²) in [6, 6.07) is 19.8. The van der Waals surface area contributed by atoms with Crippen LogP contribution in [-0.4, -0.2) is 15.8 Å². The van der Waals surface area contributed by atoms with E-state index in [-0.39, 0.29) is 5.56 Å². The molecule has 0 unspecified atom stereocenters. The Morgan fingerprint density at radius 2 is 1.41 bits per heavy atom. The van der Waals surface area contributed by atoms with E-state index in [0.717, 1.165) is 11.1 Å². The summed E-state index contributed by atoms with van der Waals surface area (Å²) < 4.78 is 7.51. The molecule has 0 aliphatic heterocycles. The van der Waals surface area contributed by atoms with E-state index in [9.17, 15) is 4.79 Å². The predicted octanol–water partition coefficient (Wildman–Crippen LogP) is 5.95. The summed E-state index contributed by atoms with van der Waals surface area (Å²) in [6.45, 7) is 10.7. The van der Waals surface area contributed by atoms with Gasteiger partial charge in [-0.2, -0.15) is 4.98 Å². The van der Waals surface area contributed by atoms with Gasteiger partial charge in [0.2, 0.25) is 5.88 Å². The summed E-state index contributed by atoms with van der Waals surface area (Å²) in [4.78, 5) is 17.4. The number of hydrogen-bond donors (Lipinski definition) is 0. The van der Waals surface area contributed by atoms with E-state index in [2.05, 4.69) is 4.98 Å². The zero-order chi connectivity index (χ0) is 21.6. The zero-order valence-electron chi connectivity index (χ0n) is 18.3. The molecule has 0 amide bonds. The summed E-state index contributed by atoms with van der Waals surface area (Å²) in [5.74, 6) is 0.405. The Kier molecular flexibility index (Phi) is 11.5. The summed E-state index contributed by atoms with van der Waals surface area (Å²) in [5.41, 5.74) is 2.58. The molecule has 0 saturated heterocycles. The van der Waals surface area contributed by atoms with Gasteiger partial charge in [0.05, 0.1) is 12.1 Å². The Morgan fingerprint density at radius 3 is 1.93 bits per heavy atom. The highest BCUT2D eigenvalue weighted by molar-refractivity contribution is 7.98. The molecule has 3 rings (SSSR count). The van der Waals surface area contributed by atoms with Crippen molar-refractivity contribution >= 4 is 11.8 Å². The number of benzene rings is 2. The van der Waals surface area contributed by atoms with Crippen molar-refractivity contribution in [1.29, 1.82) is 0 Å². The van der Waals surface area contributed by atoms with E-state index in [1.54, 1.807) is 11.5 Å². The lowest BCUT2D eigenvalue weighted by atomic mass is 10.2. The molecule has 4 nitrogen and oxygen atoms in total. The molecule has 0 bridgehead atoms. The lowest BCUT2D eigenvalue weighted by Gasteiger charge is -2.15. The molecule has 0 aliphatic rings. The van der Waals surface area contributed by atoms with Gasteiger partial charge in [0.1, 0.15) is 6.61 Å². The number of rotatable bonds is 6. The van der Waals surface area contributed by atoms with Crippen LogP contribution in [0.1, 0.15) is 44.4 Å². The standard InChI is InChI=1S/C20H20N2O2S.2C2H6/c1-15-18(24-14-17-11-7-4-8-12-17)21-20(25-2)22(19(15)23)13-16-9-5-3-6-10-16;2*1-2/h3-12H,13-14H2,1-2H3;2*1-2H3. The van der Waals surface area contributed by atoms with Crippen LogP contribution in [-0.2, 0) is 13.2 Å². The lowest BCUT2D eigenvalue weighted by molar-refractivity contribution is 0.285. The molecule has 0 saturated carbocycles. The number of thioether (sulfide) groups is 1. The van der Waals surface area contributed by atoms with Crippen LogP contribution in [0.3, 0.4) is 0 Å². The van der Waals surface area contributed by atoms with Crippen molar-refractivity contribution in [2.45, 2.75) is 52.9 Å².